The Bertz CT molecular complexity index is 1090. The zero-order valence-corrected chi connectivity index (χ0v) is 15.3. The third kappa shape index (κ3) is 3.55. The highest BCUT2D eigenvalue weighted by molar-refractivity contribution is 5.85. The number of para-hydroxylation sites is 1. The van der Waals surface area contributed by atoms with Gasteiger partial charge in [-0.15, -0.1) is 0 Å². The van der Waals surface area contributed by atoms with Gasteiger partial charge in [-0.2, -0.15) is 5.10 Å². The fourth-order valence-corrected chi connectivity index (χ4v) is 3.18. The van der Waals surface area contributed by atoms with Crippen molar-refractivity contribution in [3.05, 3.63) is 84.4 Å². The van der Waals surface area contributed by atoms with Crippen molar-refractivity contribution >= 4 is 5.52 Å². The molecule has 0 saturated heterocycles. The Kier molecular flexibility index (Phi) is 4.60. The molecule has 2 heterocycles. The molecule has 4 rings (SSSR count). The van der Waals surface area contributed by atoms with Crippen molar-refractivity contribution in [1.82, 2.24) is 14.5 Å². The molecule has 0 aliphatic rings. The number of fused-ring (bicyclic) bond motifs is 1. The van der Waals surface area contributed by atoms with Crippen LogP contribution in [0.3, 0.4) is 0 Å². The molecule has 0 aliphatic heterocycles. The summed E-state index contributed by atoms with van der Waals surface area (Å²) in [4.78, 5) is 2.13. The van der Waals surface area contributed by atoms with Crippen molar-refractivity contribution < 1.29 is 9.13 Å². The summed E-state index contributed by atoms with van der Waals surface area (Å²) in [6.45, 7) is 0.858. The van der Waals surface area contributed by atoms with Crippen molar-refractivity contribution in [1.29, 1.82) is 0 Å². The van der Waals surface area contributed by atoms with Crippen molar-refractivity contribution in [2.45, 2.75) is 6.54 Å². The van der Waals surface area contributed by atoms with Crippen LogP contribution in [0.15, 0.2) is 73.1 Å². The van der Waals surface area contributed by atoms with Crippen LogP contribution in [0.25, 0.3) is 16.6 Å². The smallest absolute Gasteiger partial charge is 0.165 e. The third-order valence-electron chi connectivity index (χ3n) is 4.31. The summed E-state index contributed by atoms with van der Waals surface area (Å²) in [5, 5.41) is 4.36. The minimum atomic E-state index is -0.395. The van der Waals surface area contributed by atoms with E-state index in [9.17, 15) is 4.39 Å². The maximum absolute atomic E-state index is 14.0. The minimum Gasteiger partial charge on any atom is -0.452 e. The lowest BCUT2D eigenvalue weighted by Crippen LogP contribution is -2.10. The van der Waals surface area contributed by atoms with E-state index in [0.29, 0.717) is 5.75 Å². The molecule has 0 aliphatic carbocycles. The van der Waals surface area contributed by atoms with Crippen LogP contribution < -0.4 is 4.74 Å². The lowest BCUT2D eigenvalue weighted by molar-refractivity contribution is 0.402. The van der Waals surface area contributed by atoms with E-state index in [-0.39, 0.29) is 5.75 Å². The Hall–Kier alpha value is -3.18. The van der Waals surface area contributed by atoms with Gasteiger partial charge in [0.1, 0.15) is 5.52 Å². The summed E-state index contributed by atoms with van der Waals surface area (Å²) in [5.74, 6) is 0.362. The van der Waals surface area contributed by atoms with Gasteiger partial charge in [0.25, 0.3) is 0 Å². The zero-order valence-electron chi connectivity index (χ0n) is 15.3. The van der Waals surface area contributed by atoms with Crippen LogP contribution in [0.4, 0.5) is 4.39 Å². The van der Waals surface area contributed by atoms with E-state index in [1.807, 2.05) is 32.4 Å². The van der Waals surface area contributed by atoms with Crippen molar-refractivity contribution in [2.75, 3.05) is 14.1 Å². The average molecular weight is 361 g/mol. The maximum atomic E-state index is 14.0. The van der Waals surface area contributed by atoms with Crippen LogP contribution in [0.2, 0.25) is 0 Å². The minimum absolute atomic E-state index is 0.194. The van der Waals surface area contributed by atoms with Crippen molar-refractivity contribution in [3.63, 3.8) is 0 Å². The van der Waals surface area contributed by atoms with Gasteiger partial charge in [-0.3, -0.25) is 0 Å². The number of halogens is 1. The van der Waals surface area contributed by atoms with E-state index in [1.165, 1.54) is 11.6 Å². The summed E-state index contributed by atoms with van der Waals surface area (Å²) >= 11 is 0. The van der Waals surface area contributed by atoms with Gasteiger partial charge in [0.15, 0.2) is 17.3 Å². The van der Waals surface area contributed by atoms with Gasteiger partial charge in [-0.1, -0.05) is 30.3 Å². The molecule has 4 aromatic rings. The number of rotatable bonds is 5. The first-order chi connectivity index (χ1) is 13.1. The number of aromatic nitrogens is 2. The van der Waals surface area contributed by atoms with Crippen LogP contribution in [-0.4, -0.2) is 28.6 Å². The van der Waals surface area contributed by atoms with E-state index >= 15 is 0 Å². The molecule has 2 aromatic heterocycles. The van der Waals surface area contributed by atoms with E-state index in [1.54, 1.807) is 35.0 Å². The highest BCUT2D eigenvalue weighted by Crippen LogP contribution is 2.35. The monoisotopic (exact) mass is 361 g/mol. The lowest BCUT2D eigenvalue weighted by Gasteiger charge is -2.12. The topological polar surface area (TPSA) is 29.8 Å². The quantitative estimate of drug-likeness (QED) is 0.501. The molecule has 4 nitrogen and oxygen atoms in total. The molecule has 5 heteroatoms. The van der Waals surface area contributed by atoms with Crippen LogP contribution in [-0.2, 0) is 6.54 Å². The fraction of sp³-hybridized carbons (Fsp3) is 0.136. The SMILES string of the molecule is CN(C)Cc1cccc(-c2ccn3nccc(Oc4ccccc4F)c23)c1. The van der Waals surface area contributed by atoms with Crippen LogP contribution in [0.5, 0.6) is 11.5 Å². The molecular formula is C22H20FN3O. The Morgan fingerprint density at radius 3 is 2.67 bits per heavy atom. The largest absolute Gasteiger partial charge is 0.452 e. The molecule has 0 atom stereocenters. The zero-order chi connectivity index (χ0) is 18.8. The standard InChI is InChI=1S/C22H20FN3O/c1-25(2)15-16-6-5-7-17(14-16)18-11-13-26-22(18)21(10-12-24-26)27-20-9-4-3-8-19(20)23/h3-14H,15H2,1-2H3. The molecule has 0 spiro atoms. The molecule has 0 fully saturated rings. The number of ether oxygens (including phenoxy) is 1. The molecule has 0 bridgehead atoms. The molecule has 2 aromatic carbocycles. The van der Waals surface area contributed by atoms with Gasteiger partial charge in [0.2, 0.25) is 0 Å². The van der Waals surface area contributed by atoms with Crippen LogP contribution >= 0.6 is 0 Å². The number of hydrogen-bond donors (Lipinski definition) is 0. The molecule has 0 amide bonds. The summed E-state index contributed by atoms with van der Waals surface area (Å²) in [5.41, 5.74) is 4.10. The van der Waals surface area contributed by atoms with Crippen LogP contribution in [0, 0.1) is 5.82 Å². The van der Waals surface area contributed by atoms with E-state index in [2.05, 4.69) is 28.2 Å². The first kappa shape index (κ1) is 17.2. The first-order valence-corrected chi connectivity index (χ1v) is 8.74. The summed E-state index contributed by atoms with van der Waals surface area (Å²) in [6.07, 6.45) is 3.53. The lowest BCUT2D eigenvalue weighted by atomic mass is 10.0. The van der Waals surface area contributed by atoms with E-state index in [4.69, 9.17) is 4.74 Å². The van der Waals surface area contributed by atoms with Gasteiger partial charge in [0.05, 0.1) is 6.20 Å². The second-order valence-corrected chi connectivity index (χ2v) is 6.69. The number of benzene rings is 2. The van der Waals surface area contributed by atoms with Gasteiger partial charge in [-0.05, 0) is 49.5 Å². The predicted molar refractivity (Wildman–Crippen MR) is 104 cm³/mol. The average Bonchev–Trinajstić information content (AvgIpc) is 3.08. The van der Waals surface area contributed by atoms with Gasteiger partial charge < -0.3 is 9.64 Å². The van der Waals surface area contributed by atoms with Crippen LogP contribution in [0.1, 0.15) is 5.56 Å². The van der Waals surface area contributed by atoms with Gasteiger partial charge in [0, 0.05) is 24.4 Å². The molecule has 0 radical (unpaired) electrons. The first-order valence-electron chi connectivity index (χ1n) is 8.74. The Morgan fingerprint density at radius 2 is 1.85 bits per heavy atom. The number of hydrogen-bond acceptors (Lipinski definition) is 3. The third-order valence-corrected chi connectivity index (χ3v) is 4.31. The van der Waals surface area contributed by atoms with Gasteiger partial charge in [-0.25, -0.2) is 8.91 Å². The normalized spacial score (nSPS) is 11.3. The molecule has 0 unspecified atom stereocenters. The van der Waals surface area contributed by atoms with Crippen molar-refractivity contribution in [2.24, 2.45) is 0 Å². The molecule has 0 N–H and O–H groups in total. The molecular weight excluding hydrogens is 341 g/mol. The Balaban J connectivity index is 1.80. The molecule has 136 valence electrons. The summed E-state index contributed by atoms with van der Waals surface area (Å²) < 4.78 is 21.7. The molecule has 0 saturated carbocycles. The van der Waals surface area contributed by atoms with Gasteiger partial charge >= 0.3 is 0 Å². The van der Waals surface area contributed by atoms with E-state index < -0.39 is 5.82 Å². The predicted octanol–water partition coefficient (Wildman–Crippen LogP) is 4.99. The second-order valence-electron chi connectivity index (χ2n) is 6.69. The summed E-state index contributed by atoms with van der Waals surface area (Å²) in [7, 11) is 4.09. The number of nitrogens with zero attached hydrogens (tertiary/aromatic N) is 3. The highest BCUT2D eigenvalue weighted by Gasteiger charge is 2.14. The summed E-state index contributed by atoms with van der Waals surface area (Å²) in [6, 6.07) is 18.5. The Morgan fingerprint density at radius 1 is 1.00 bits per heavy atom. The highest BCUT2D eigenvalue weighted by atomic mass is 19.1. The molecule has 27 heavy (non-hydrogen) atoms. The maximum Gasteiger partial charge on any atom is 0.165 e. The Labute approximate surface area is 157 Å². The van der Waals surface area contributed by atoms with E-state index in [0.717, 1.165) is 23.2 Å². The fourth-order valence-electron chi connectivity index (χ4n) is 3.18. The second kappa shape index (κ2) is 7.21. The van der Waals surface area contributed by atoms with Crippen molar-refractivity contribution in [3.8, 4) is 22.6 Å².